The van der Waals surface area contributed by atoms with E-state index in [1.807, 2.05) is 59.2 Å². The molecular formula is C24H21ClN4O2S. The van der Waals surface area contributed by atoms with E-state index in [4.69, 9.17) is 16.3 Å². The highest BCUT2D eigenvalue weighted by molar-refractivity contribution is 7.99. The predicted octanol–water partition coefficient (Wildman–Crippen LogP) is 5.39. The number of aromatic nitrogens is 3. The second kappa shape index (κ2) is 10.3. The number of para-hydroxylation sites is 1. The van der Waals surface area contributed by atoms with Gasteiger partial charge in [0.15, 0.2) is 11.0 Å². The molecule has 0 aliphatic rings. The number of rotatable bonds is 8. The van der Waals surface area contributed by atoms with Crippen molar-refractivity contribution in [3.8, 4) is 17.1 Å². The van der Waals surface area contributed by atoms with Crippen LogP contribution in [0.5, 0.6) is 5.75 Å². The number of halogens is 1. The van der Waals surface area contributed by atoms with E-state index in [-0.39, 0.29) is 11.7 Å². The molecule has 1 N–H and O–H groups in total. The van der Waals surface area contributed by atoms with Gasteiger partial charge in [0.05, 0.1) is 25.0 Å². The zero-order valence-corrected chi connectivity index (χ0v) is 18.9. The Morgan fingerprint density at radius 1 is 1.03 bits per heavy atom. The van der Waals surface area contributed by atoms with Gasteiger partial charge >= 0.3 is 0 Å². The van der Waals surface area contributed by atoms with Crippen LogP contribution in [0.25, 0.3) is 11.4 Å². The van der Waals surface area contributed by atoms with Crippen LogP contribution in [0.15, 0.2) is 84.0 Å². The average Bonchev–Trinajstić information content (AvgIpc) is 3.20. The summed E-state index contributed by atoms with van der Waals surface area (Å²) in [4.78, 5) is 12.5. The van der Waals surface area contributed by atoms with Crippen LogP contribution >= 0.6 is 23.4 Å². The number of ether oxygens (including phenoxy) is 1. The smallest absolute Gasteiger partial charge is 0.234 e. The van der Waals surface area contributed by atoms with Crippen molar-refractivity contribution < 1.29 is 9.53 Å². The maximum Gasteiger partial charge on any atom is 0.234 e. The number of benzene rings is 3. The molecule has 162 valence electrons. The van der Waals surface area contributed by atoms with Crippen molar-refractivity contribution in [1.82, 2.24) is 14.8 Å². The van der Waals surface area contributed by atoms with Crippen LogP contribution in [0.1, 0.15) is 5.56 Å². The number of carbonyl (C=O) groups is 1. The van der Waals surface area contributed by atoms with Crippen molar-refractivity contribution in [3.63, 3.8) is 0 Å². The molecule has 0 radical (unpaired) electrons. The summed E-state index contributed by atoms with van der Waals surface area (Å²) in [6, 6.07) is 24.8. The van der Waals surface area contributed by atoms with E-state index in [9.17, 15) is 4.79 Å². The Hall–Kier alpha value is -3.29. The molecule has 6 nitrogen and oxygen atoms in total. The number of methoxy groups -OCH3 is 1. The normalized spacial score (nSPS) is 10.7. The van der Waals surface area contributed by atoms with E-state index in [1.165, 1.54) is 11.8 Å². The van der Waals surface area contributed by atoms with Gasteiger partial charge < -0.3 is 10.1 Å². The van der Waals surface area contributed by atoms with Gasteiger partial charge in [0.2, 0.25) is 5.91 Å². The molecule has 3 aromatic carbocycles. The highest BCUT2D eigenvalue weighted by Gasteiger charge is 2.18. The Morgan fingerprint density at radius 3 is 2.59 bits per heavy atom. The summed E-state index contributed by atoms with van der Waals surface area (Å²) in [7, 11) is 1.63. The summed E-state index contributed by atoms with van der Waals surface area (Å²) in [5.74, 6) is 1.43. The van der Waals surface area contributed by atoms with Crippen LogP contribution in [0.4, 0.5) is 5.69 Å². The van der Waals surface area contributed by atoms with Crippen LogP contribution in [0.2, 0.25) is 5.02 Å². The number of carbonyl (C=O) groups excluding carboxylic acids is 1. The van der Waals surface area contributed by atoms with E-state index in [1.54, 1.807) is 31.4 Å². The third-order valence-electron chi connectivity index (χ3n) is 4.69. The third-order valence-corrected chi connectivity index (χ3v) is 5.89. The lowest BCUT2D eigenvalue weighted by Gasteiger charge is -2.12. The predicted molar refractivity (Wildman–Crippen MR) is 128 cm³/mol. The minimum atomic E-state index is -0.148. The number of anilines is 1. The first kappa shape index (κ1) is 21.9. The number of hydrogen-bond acceptors (Lipinski definition) is 5. The average molecular weight is 465 g/mol. The van der Waals surface area contributed by atoms with Crippen LogP contribution in [-0.2, 0) is 11.3 Å². The quantitative estimate of drug-likeness (QED) is 0.354. The van der Waals surface area contributed by atoms with E-state index >= 15 is 0 Å². The molecule has 0 fully saturated rings. The first-order valence-corrected chi connectivity index (χ1v) is 11.3. The first-order chi connectivity index (χ1) is 15.6. The molecule has 0 saturated carbocycles. The summed E-state index contributed by atoms with van der Waals surface area (Å²) in [5.41, 5.74) is 2.60. The fourth-order valence-electron chi connectivity index (χ4n) is 3.23. The zero-order valence-electron chi connectivity index (χ0n) is 17.4. The lowest BCUT2D eigenvalue weighted by atomic mass is 10.1. The van der Waals surface area contributed by atoms with Gasteiger partial charge in [-0.2, -0.15) is 0 Å². The van der Waals surface area contributed by atoms with Crippen molar-refractivity contribution in [3.05, 3.63) is 89.4 Å². The molecule has 0 atom stereocenters. The molecule has 0 aliphatic heterocycles. The fraction of sp³-hybridized carbons (Fsp3) is 0.125. The second-order valence-electron chi connectivity index (χ2n) is 6.93. The lowest BCUT2D eigenvalue weighted by molar-refractivity contribution is -0.113. The zero-order chi connectivity index (χ0) is 22.3. The molecule has 8 heteroatoms. The Morgan fingerprint density at radius 2 is 1.81 bits per heavy atom. The maximum absolute atomic E-state index is 12.5. The molecular weight excluding hydrogens is 444 g/mol. The molecule has 32 heavy (non-hydrogen) atoms. The van der Waals surface area contributed by atoms with Crippen molar-refractivity contribution >= 4 is 35.0 Å². The van der Waals surface area contributed by atoms with Gasteiger partial charge in [-0.3, -0.25) is 9.36 Å². The minimum Gasteiger partial charge on any atom is -0.496 e. The minimum absolute atomic E-state index is 0.148. The standard InChI is InChI=1S/C24H21ClN4O2S/c1-31-21-13-6-5-12-20(21)23-27-28-24(29(23)15-17-8-3-2-4-9-17)32-16-22(30)26-19-11-7-10-18(25)14-19/h2-14H,15-16H2,1H3,(H,26,30). The highest BCUT2D eigenvalue weighted by Crippen LogP contribution is 2.31. The summed E-state index contributed by atoms with van der Waals surface area (Å²) in [5, 5.41) is 12.9. The number of nitrogens with one attached hydrogen (secondary N) is 1. The van der Waals surface area contributed by atoms with Gasteiger partial charge in [-0.25, -0.2) is 0 Å². The molecule has 0 aliphatic carbocycles. The summed E-state index contributed by atoms with van der Waals surface area (Å²) in [6.45, 7) is 0.569. The Bertz CT molecular complexity index is 1210. The highest BCUT2D eigenvalue weighted by atomic mass is 35.5. The SMILES string of the molecule is COc1ccccc1-c1nnc(SCC(=O)Nc2cccc(Cl)c2)n1Cc1ccccc1. The monoisotopic (exact) mass is 464 g/mol. The van der Waals surface area contributed by atoms with Gasteiger partial charge in [0.1, 0.15) is 5.75 Å². The third kappa shape index (κ3) is 5.30. The molecule has 1 aromatic heterocycles. The van der Waals surface area contributed by atoms with E-state index in [0.717, 1.165) is 11.1 Å². The molecule has 1 heterocycles. The summed E-state index contributed by atoms with van der Waals surface area (Å²) < 4.78 is 7.53. The van der Waals surface area contributed by atoms with Crippen LogP contribution in [-0.4, -0.2) is 33.5 Å². The maximum atomic E-state index is 12.5. The molecule has 0 spiro atoms. The lowest BCUT2D eigenvalue weighted by Crippen LogP contribution is -2.14. The Kier molecular flexibility index (Phi) is 7.09. The van der Waals surface area contributed by atoms with Crippen LogP contribution in [0.3, 0.4) is 0 Å². The van der Waals surface area contributed by atoms with Gasteiger partial charge in [0, 0.05) is 10.7 Å². The Labute approximate surface area is 195 Å². The fourth-order valence-corrected chi connectivity index (χ4v) is 4.15. The molecule has 0 bridgehead atoms. The van der Waals surface area contributed by atoms with Gasteiger partial charge in [-0.15, -0.1) is 10.2 Å². The van der Waals surface area contributed by atoms with Crippen LogP contribution < -0.4 is 10.1 Å². The van der Waals surface area contributed by atoms with E-state index in [0.29, 0.717) is 34.0 Å². The van der Waals surface area contributed by atoms with Gasteiger partial charge in [-0.05, 0) is 35.9 Å². The number of nitrogens with zero attached hydrogens (tertiary/aromatic N) is 3. The molecule has 4 aromatic rings. The van der Waals surface area contributed by atoms with Crippen molar-refractivity contribution in [2.75, 3.05) is 18.2 Å². The van der Waals surface area contributed by atoms with Gasteiger partial charge in [-0.1, -0.05) is 71.9 Å². The largest absolute Gasteiger partial charge is 0.496 e. The molecule has 0 unspecified atom stereocenters. The Balaban J connectivity index is 1.58. The van der Waals surface area contributed by atoms with Gasteiger partial charge in [0.25, 0.3) is 0 Å². The number of thioether (sulfide) groups is 1. The first-order valence-electron chi connectivity index (χ1n) is 9.93. The topological polar surface area (TPSA) is 69.0 Å². The summed E-state index contributed by atoms with van der Waals surface area (Å²) >= 11 is 7.33. The summed E-state index contributed by atoms with van der Waals surface area (Å²) in [6.07, 6.45) is 0. The van der Waals surface area contributed by atoms with Crippen LogP contribution in [0, 0.1) is 0 Å². The second-order valence-corrected chi connectivity index (χ2v) is 8.30. The van der Waals surface area contributed by atoms with Crippen molar-refractivity contribution in [2.24, 2.45) is 0 Å². The molecule has 0 saturated heterocycles. The number of hydrogen-bond donors (Lipinski definition) is 1. The van der Waals surface area contributed by atoms with Crippen molar-refractivity contribution in [1.29, 1.82) is 0 Å². The molecule has 4 rings (SSSR count). The van der Waals surface area contributed by atoms with E-state index in [2.05, 4.69) is 15.5 Å². The molecule has 1 amide bonds. The van der Waals surface area contributed by atoms with Crippen molar-refractivity contribution in [2.45, 2.75) is 11.7 Å². The van der Waals surface area contributed by atoms with E-state index < -0.39 is 0 Å². The number of amides is 1.